The van der Waals surface area contributed by atoms with E-state index in [4.69, 9.17) is 0 Å². The number of hydrogen-bond donors (Lipinski definition) is 1. The van der Waals surface area contributed by atoms with Gasteiger partial charge in [-0.25, -0.2) is 0 Å². The molecular formula is C29H37N3O2. The van der Waals surface area contributed by atoms with Gasteiger partial charge in [0.15, 0.2) is 5.78 Å². The summed E-state index contributed by atoms with van der Waals surface area (Å²) in [6.07, 6.45) is 6.98. The molecule has 1 N–H and O–H groups in total. The molecule has 0 bridgehead atoms. The number of carbonyl (C=O) groups is 2. The maximum atomic E-state index is 13.1. The second-order valence-corrected chi connectivity index (χ2v) is 8.74. The average molecular weight is 460 g/mol. The van der Waals surface area contributed by atoms with Crippen molar-refractivity contribution < 1.29 is 9.59 Å². The Balaban J connectivity index is 2.05. The zero-order valence-electron chi connectivity index (χ0n) is 21.0. The molecule has 1 unspecified atom stereocenters. The van der Waals surface area contributed by atoms with Gasteiger partial charge in [-0.3, -0.25) is 19.6 Å². The van der Waals surface area contributed by atoms with Gasteiger partial charge in [0.25, 0.3) is 0 Å². The van der Waals surface area contributed by atoms with E-state index < -0.39 is 5.92 Å². The van der Waals surface area contributed by atoms with E-state index in [-0.39, 0.29) is 11.7 Å². The highest BCUT2D eigenvalue weighted by Gasteiger charge is 2.28. The zero-order valence-corrected chi connectivity index (χ0v) is 21.0. The molecule has 34 heavy (non-hydrogen) atoms. The molecule has 0 aliphatic heterocycles. The van der Waals surface area contributed by atoms with E-state index in [0.29, 0.717) is 23.7 Å². The minimum Gasteiger partial charge on any atom is -0.325 e. The molecule has 0 spiro atoms. The van der Waals surface area contributed by atoms with Crippen LogP contribution in [0.25, 0.3) is 0 Å². The number of rotatable bonds is 12. The normalized spacial score (nSPS) is 13.4. The van der Waals surface area contributed by atoms with Gasteiger partial charge in [0, 0.05) is 37.5 Å². The van der Waals surface area contributed by atoms with E-state index in [1.807, 2.05) is 48.5 Å². The van der Waals surface area contributed by atoms with E-state index in [9.17, 15) is 9.59 Å². The highest BCUT2D eigenvalue weighted by atomic mass is 16.2. The molecular weight excluding hydrogens is 422 g/mol. The van der Waals surface area contributed by atoms with Crippen molar-refractivity contribution in [3.63, 3.8) is 0 Å². The van der Waals surface area contributed by atoms with Crippen molar-refractivity contribution in [2.45, 2.75) is 46.5 Å². The molecule has 0 radical (unpaired) electrons. The van der Waals surface area contributed by atoms with Crippen molar-refractivity contribution in [1.82, 2.24) is 0 Å². The van der Waals surface area contributed by atoms with Crippen molar-refractivity contribution in [2.75, 3.05) is 19.4 Å². The maximum Gasteiger partial charge on any atom is 0.240 e. The Morgan fingerprint density at radius 1 is 0.971 bits per heavy atom. The number of hydrogen-bond acceptors (Lipinski definition) is 4. The van der Waals surface area contributed by atoms with E-state index >= 15 is 0 Å². The van der Waals surface area contributed by atoms with Crippen LogP contribution in [0, 0.1) is 11.8 Å². The largest absolute Gasteiger partial charge is 0.325 e. The summed E-state index contributed by atoms with van der Waals surface area (Å²) in [5, 5.41) is 2.92. The van der Waals surface area contributed by atoms with Crippen LogP contribution in [0.1, 0.15) is 51.2 Å². The lowest BCUT2D eigenvalue weighted by molar-refractivity contribution is -0.128. The van der Waals surface area contributed by atoms with Crippen LogP contribution in [0.4, 0.5) is 5.69 Å². The number of unbranched alkanes of at least 4 members (excludes halogenated alkanes) is 1. The van der Waals surface area contributed by atoms with Crippen LogP contribution in [-0.4, -0.2) is 37.2 Å². The predicted molar refractivity (Wildman–Crippen MR) is 143 cm³/mol. The van der Waals surface area contributed by atoms with E-state index in [1.54, 1.807) is 21.0 Å². The second-order valence-electron chi connectivity index (χ2n) is 8.74. The highest BCUT2D eigenvalue weighted by molar-refractivity contribution is 6.23. The van der Waals surface area contributed by atoms with Crippen LogP contribution in [0.2, 0.25) is 0 Å². The Hall–Kier alpha value is -3.34. The third-order valence-electron chi connectivity index (χ3n) is 5.64. The average Bonchev–Trinajstić information content (AvgIpc) is 2.83. The number of aliphatic imine (C=N–C) groups is 2. The smallest absolute Gasteiger partial charge is 0.240 e. The van der Waals surface area contributed by atoms with Crippen LogP contribution in [0.5, 0.6) is 0 Å². The number of nitrogens with one attached hydrogen (secondary N) is 1. The van der Waals surface area contributed by atoms with Gasteiger partial charge in [-0.2, -0.15) is 0 Å². The first-order valence-corrected chi connectivity index (χ1v) is 11.9. The monoisotopic (exact) mass is 459 g/mol. The number of nitrogens with zero attached hydrogens (tertiary/aromatic N) is 2. The number of benzene rings is 2. The van der Waals surface area contributed by atoms with E-state index in [1.165, 1.54) is 5.56 Å². The molecule has 0 fully saturated rings. The number of aryl methyl sites for hydroxylation is 1. The molecule has 5 nitrogen and oxygen atoms in total. The standard InChI is InChI=1S/C29H37N3O2/c1-21(2)18-19-26(31-5)24-15-11-16-25(20-24)32-29(34)28(22(3)30-4)27(33)17-10-9-14-23-12-7-6-8-13-23/h6-8,11-13,15-16,18-21,28H,9-10,14,17H2,1-5H3,(H,32,34)/b19-18-,30-22?,31-26?. The third-order valence-corrected chi connectivity index (χ3v) is 5.64. The molecule has 0 aliphatic rings. The number of allylic oxidation sites excluding steroid dienone is 2. The fourth-order valence-electron chi connectivity index (χ4n) is 3.67. The molecule has 0 aromatic heterocycles. The van der Waals surface area contributed by atoms with Crippen LogP contribution >= 0.6 is 0 Å². The first-order chi connectivity index (χ1) is 16.3. The van der Waals surface area contributed by atoms with Gasteiger partial charge in [-0.1, -0.05) is 62.4 Å². The fourth-order valence-corrected chi connectivity index (χ4v) is 3.67. The van der Waals surface area contributed by atoms with Crippen molar-refractivity contribution in [1.29, 1.82) is 0 Å². The van der Waals surface area contributed by atoms with Gasteiger partial charge in [0.1, 0.15) is 5.92 Å². The van der Waals surface area contributed by atoms with E-state index in [0.717, 1.165) is 30.5 Å². The molecule has 180 valence electrons. The molecule has 2 aromatic rings. The number of anilines is 1. The lowest BCUT2D eigenvalue weighted by Gasteiger charge is -2.16. The quantitative estimate of drug-likeness (QED) is 0.242. The van der Waals surface area contributed by atoms with Gasteiger partial charge >= 0.3 is 0 Å². The summed E-state index contributed by atoms with van der Waals surface area (Å²) in [4.78, 5) is 34.6. The molecule has 5 heteroatoms. The van der Waals surface area contributed by atoms with Gasteiger partial charge in [-0.15, -0.1) is 0 Å². The summed E-state index contributed by atoms with van der Waals surface area (Å²) in [5.74, 6) is -0.914. The summed E-state index contributed by atoms with van der Waals surface area (Å²) >= 11 is 0. The van der Waals surface area contributed by atoms with Crippen LogP contribution < -0.4 is 5.32 Å². The molecule has 1 amide bonds. The van der Waals surface area contributed by atoms with Crippen molar-refractivity contribution >= 4 is 28.8 Å². The fraction of sp³-hybridized carbons (Fsp3) is 0.379. The van der Waals surface area contributed by atoms with Crippen LogP contribution in [-0.2, 0) is 16.0 Å². The van der Waals surface area contributed by atoms with Gasteiger partial charge in [0.2, 0.25) is 5.91 Å². The molecule has 0 aliphatic carbocycles. The summed E-state index contributed by atoms with van der Waals surface area (Å²) < 4.78 is 0. The SMILES string of the molecule is CN=C(/C=C\C(C)C)c1cccc(NC(=O)C(C(=O)CCCCc2ccccc2)C(C)=NC)c1. The summed E-state index contributed by atoms with van der Waals surface area (Å²) in [6, 6.07) is 17.8. The molecule has 1 atom stereocenters. The minimum atomic E-state index is -0.884. The Morgan fingerprint density at radius 3 is 2.35 bits per heavy atom. The Bertz CT molecular complexity index is 1040. The second kappa shape index (κ2) is 14.0. The van der Waals surface area contributed by atoms with Gasteiger partial charge in [0.05, 0.1) is 5.71 Å². The Labute approximate surface area is 204 Å². The van der Waals surface area contributed by atoms with Crippen LogP contribution in [0.15, 0.2) is 76.7 Å². The van der Waals surface area contributed by atoms with Gasteiger partial charge in [-0.05, 0) is 55.9 Å². The zero-order chi connectivity index (χ0) is 24.9. The van der Waals surface area contributed by atoms with Crippen LogP contribution in [0.3, 0.4) is 0 Å². The summed E-state index contributed by atoms with van der Waals surface area (Å²) in [6.45, 7) is 5.95. The first kappa shape index (κ1) is 26.9. The molecule has 0 saturated carbocycles. The molecule has 0 heterocycles. The van der Waals surface area contributed by atoms with Crippen molar-refractivity contribution in [2.24, 2.45) is 21.8 Å². The minimum absolute atomic E-state index is 0.0968. The maximum absolute atomic E-state index is 13.1. The molecule has 0 saturated heterocycles. The number of amides is 1. The predicted octanol–water partition coefficient (Wildman–Crippen LogP) is 5.95. The number of carbonyl (C=O) groups excluding carboxylic acids is 2. The number of Topliss-reactive ketones (excluding diaryl/α,β-unsaturated/α-hetero) is 1. The molecule has 2 rings (SSSR count). The number of ketones is 1. The Kier molecular flexibility index (Phi) is 11.1. The lowest BCUT2D eigenvalue weighted by atomic mass is 9.93. The van der Waals surface area contributed by atoms with Gasteiger partial charge < -0.3 is 5.32 Å². The van der Waals surface area contributed by atoms with Crippen molar-refractivity contribution in [3.8, 4) is 0 Å². The molecule has 2 aromatic carbocycles. The first-order valence-electron chi connectivity index (χ1n) is 11.9. The van der Waals surface area contributed by atoms with Crippen molar-refractivity contribution in [3.05, 3.63) is 77.9 Å². The highest BCUT2D eigenvalue weighted by Crippen LogP contribution is 2.17. The topological polar surface area (TPSA) is 70.9 Å². The lowest BCUT2D eigenvalue weighted by Crippen LogP contribution is -2.35. The van der Waals surface area contributed by atoms with E-state index in [2.05, 4.69) is 47.4 Å². The summed E-state index contributed by atoms with van der Waals surface area (Å²) in [7, 11) is 3.36. The Morgan fingerprint density at radius 2 is 1.71 bits per heavy atom. The third kappa shape index (κ3) is 8.54. The summed E-state index contributed by atoms with van der Waals surface area (Å²) in [5.41, 5.74) is 4.16.